The lowest BCUT2D eigenvalue weighted by atomic mass is 10.2. The molecular formula is C15H16Br2N3O4P. The third-order valence-corrected chi connectivity index (χ3v) is 5.68. The van der Waals surface area contributed by atoms with Crippen LogP contribution < -0.4 is 11.2 Å². The van der Waals surface area contributed by atoms with Crippen molar-refractivity contribution in [3.63, 3.8) is 0 Å². The molecule has 0 atom stereocenters. The Morgan fingerprint density at radius 2 is 2.00 bits per heavy atom. The summed E-state index contributed by atoms with van der Waals surface area (Å²) in [5, 5.41) is 0. The minimum absolute atomic E-state index is 0.276. The van der Waals surface area contributed by atoms with Crippen molar-refractivity contribution in [2.75, 3.05) is 5.73 Å². The van der Waals surface area contributed by atoms with E-state index in [2.05, 4.69) is 50.7 Å². The lowest BCUT2D eigenvalue weighted by Crippen LogP contribution is -2.06. The van der Waals surface area contributed by atoms with E-state index in [1.807, 2.05) is 10.6 Å². The molecule has 2 aromatic heterocycles. The van der Waals surface area contributed by atoms with Gasteiger partial charge in [0, 0.05) is 15.5 Å². The molecule has 134 valence electrons. The van der Waals surface area contributed by atoms with E-state index in [1.54, 1.807) is 0 Å². The average molecular weight is 493 g/mol. The Hall–Kier alpha value is -1.12. The quantitative estimate of drug-likeness (QED) is 0.376. The molecule has 0 aliphatic heterocycles. The fraction of sp³-hybridized carbons (Fsp3) is 0.267. The number of furan rings is 1. The van der Waals surface area contributed by atoms with Gasteiger partial charge in [-0.2, -0.15) is 0 Å². The van der Waals surface area contributed by atoms with Crippen LogP contribution in [0.25, 0.3) is 22.6 Å². The second-order valence-electron chi connectivity index (χ2n) is 6.07. The molecule has 4 N–H and O–H groups in total. The number of benzene rings is 1. The van der Waals surface area contributed by atoms with Gasteiger partial charge in [0.1, 0.15) is 5.52 Å². The van der Waals surface area contributed by atoms with Gasteiger partial charge in [0.2, 0.25) is 5.50 Å². The summed E-state index contributed by atoms with van der Waals surface area (Å²) in [7, 11) is -4.47. The van der Waals surface area contributed by atoms with Crippen molar-refractivity contribution in [1.29, 1.82) is 0 Å². The third kappa shape index (κ3) is 3.44. The number of nitrogen functional groups attached to an aromatic ring is 1. The van der Waals surface area contributed by atoms with Gasteiger partial charge < -0.3 is 24.5 Å². The van der Waals surface area contributed by atoms with Crippen LogP contribution in [0.2, 0.25) is 0 Å². The number of imidazole rings is 1. The highest BCUT2D eigenvalue weighted by molar-refractivity contribution is 9.11. The summed E-state index contributed by atoms with van der Waals surface area (Å²) < 4.78 is 20.2. The summed E-state index contributed by atoms with van der Waals surface area (Å²) >= 11 is 6.95. The van der Waals surface area contributed by atoms with E-state index in [4.69, 9.17) is 10.2 Å². The first kappa shape index (κ1) is 18.7. The Bertz CT molecular complexity index is 1010. The van der Waals surface area contributed by atoms with E-state index in [0.717, 1.165) is 9.99 Å². The number of rotatable bonds is 4. The predicted octanol–water partition coefficient (Wildman–Crippen LogP) is 3.86. The van der Waals surface area contributed by atoms with E-state index < -0.39 is 7.60 Å². The summed E-state index contributed by atoms with van der Waals surface area (Å²) in [4.78, 5) is 23.2. The molecule has 0 unspecified atom stereocenters. The van der Waals surface area contributed by atoms with Crippen LogP contribution in [0.1, 0.15) is 13.8 Å². The third-order valence-electron chi connectivity index (χ3n) is 3.61. The Kier molecular flexibility index (Phi) is 4.89. The summed E-state index contributed by atoms with van der Waals surface area (Å²) in [5.74, 6) is 1.05. The van der Waals surface area contributed by atoms with Gasteiger partial charge in [0.05, 0.1) is 11.2 Å². The minimum atomic E-state index is -4.47. The number of halogens is 2. The van der Waals surface area contributed by atoms with Gasteiger partial charge in [0.15, 0.2) is 11.6 Å². The topological polar surface area (TPSA) is 115 Å². The molecule has 0 saturated heterocycles. The zero-order chi connectivity index (χ0) is 18.5. The van der Waals surface area contributed by atoms with Crippen molar-refractivity contribution in [2.45, 2.75) is 20.4 Å². The summed E-state index contributed by atoms with van der Waals surface area (Å²) in [6.45, 7) is 4.77. The van der Waals surface area contributed by atoms with E-state index in [9.17, 15) is 14.4 Å². The number of nitrogens with two attached hydrogens (primary N) is 1. The largest absolute Gasteiger partial charge is 0.445 e. The van der Waals surface area contributed by atoms with Gasteiger partial charge >= 0.3 is 7.60 Å². The van der Waals surface area contributed by atoms with Crippen LogP contribution in [0.5, 0.6) is 0 Å². The molecule has 0 amide bonds. The van der Waals surface area contributed by atoms with Crippen LogP contribution >= 0.6 is 39.5 Å². The molecule has 0 saturated carbocycles. The highest BCUT2D eigenvalue weighted by atomic mass is 79.9. The highest BCUT2D eigenvalue weighted by Crippen LogP contribution is 2.39. The fourth-order valence-electron chi connectivity index (χ4n) is 2.59. The maximum atomic E-state index is 11.4. The van der Waals surface area contributed by atoms with Gasteiger partial charge in [0.25, 0.3) is 0 Å². The Balaban J connectivity index is 2.30. The first-order valence-corrected chi connectivity index (χ1v) is 10.6. The minimum Gasteiger partial charge on any atom is -0.445 e. The van der Waals surface area contributed by atoms with Crippen molar-refractivity contribution < 1.29 is 18.8 Å². The van der Waals surface area contributed by atoms with E-state index >= 15 is 0 Å². The first-order chi connectivity index (χ1) is 11.6. The normalized spacial score (nSPS) is 12.4. The number of nitrogens with zero attached hydrogens (tertiary/aromatic N) is 2. The molecular weight excluding hydrogens is 477 g/mol. The Morgan fingerprint density at radius 3 is 2.56 bits per heavy atom. The fourth-order valence-corrected chi connectivity index (χ4v) is 4.43. The van der Waals surface area contributed by atoms with E-state index in [0.29, 0.717) is 34.0 Å². The number of hydrogen-bond donors (Lipinski definition) is 3. The van der Waals surface area contributed by atoms with E-state index in [1.165, 1.54) is 12.1 Å². The lowest BCUT2D eigenvalue weighted by Gasteiger charge is -2.12. The molecule has 0 radical (unpaired) electrons. The predicted molar refractivity (Wildman–Crippen MR) is 104 cm³/mol. The van der Waals surface area contributed by atoms with Crippen LogP contribution in [0.4, 0.5) is 5.69 Å². The molecule has 0 aliphatic carbocycles. The van der Waals surface area contributed by atoms with Crippen molar-refractivity contribution >= 4 is 61.7 Å². The molecule has 0 bridgehead atoms. The summed E-state index contributed by atoms with van der Waals surface area (Å²) in [6.07, 6.45) is 0. The SMILES string of the molecule is CC(C)Cn1c(-c2ccc(P(=O)(O)O)o2)nc2c(N)c(Br)cc(Br)c21. The van der Waals surface area contributed by atoms with Crippen molar-refractivity contribution in [3.8, 4) is 11.6 Å². The molecule has 0 aliphatic rings. The number of hydrogen-bond acceptors (Lipinski definition) is 4. The first-order valence-electron chi connectivity index (χ1n) is 7.39. The molecule has 2 heterocycles. The second-order valence-corrected chi connectivity index (χ2v) is 9.31. The van der Waals surface area contributed by atoms with E-state index in [-0.39, 0.29) is 11.3 Å². The molecule has 25 heavy (non-hydrogen) atoms. The molecule has 1 aromatic carbocycles. The molecule has 0 spiro atoms. The number of aromatic nitrogens is 2. The monoisotopic (exact) mass is 491 g/mol. The van der Waals surface area contributed by atoms with Gasteiger partial charge in [-0.15, -0.1) is 0 Å². The maximum Gasteiger partial charge on any atom is 0.391 e. The van der Waals surface area contributed by atoms with Crippen LogP contribution in [0.15, 0.2) is 31.6 Å². The number of fused-ring (bicyclic) bond motifs is 1. The Morgan fingerprint density at radius 1 is 1.32 bits per heavy atom. The maximum absolute atomic E-state index is 11.4. The van der Waals surface area contributed by atoms with Crippen LogP contribution in [-0.4, -0.2) is 19.3 Å². The van der Waals surface area contributed by atoms with Gasteiger partial charge in [-0.05, 0) is 56.0 Å². The summed E-state index contributed by atoms with van der Waals surface area (Å²) in [6, 6.07) is 4.62. The zero-order valence-corrected chi connectivity index (χ0v) is 17.5. The highest BCUT2D eigenvalue weighted by Gasteiger charge is 2.26. The molecule has 7 nitrogen and oxygen atoms in total. The van der Waals surface area contributed by atoms with Crippen LogP contribution in [0, 0.1) is 5.92 Å². The molecule has 3 rings (SSSR count). The van der Waals surface area contributed by atoms with Crippen LogP contribution in [-0.2, 0) is 11.1 Å². The van der Waals surface area contributed by atoms with Gasteiger partial charge in [-0.1, -0.05) is 13.8 Å². The Labute approximate surface area is 160 Å². The van der Waals surface area contributed by atoms with Crippen LogP contribution in [0.3, 0.4) is 0 Å². The van der Waals surface area contributed by atoms with Crippen molar-refractivity contribution in [3.05, 3.63) is 27.1 Å². The number of anilines is 1. The lowest BCUT2D eigenvalue weighted by molar-refractivity contribution is 0.377. The average Bonchev–Trinajstić information content (AvgIpc) is 3.08. The van der Waals surface area contributed by atoms with Crippen molar-refractivity contribution in [1.82, 2.24) is 9.55 Å². The molecule has 3 aromatic rings. The smallest absolute Gasteiger partial charge is 0.391 e. The zero-order valence-electron chi connectivity index (χ0n) is 13.4. The summed E-state index contributed by atoms with van der Waals surface area (Å²) in [5.41, 5.74) is 7.65. The molecule has 0 fully saturated rings. The van der Waals surface area contributed by atoms with Crippen molar-refractivity contribution in [2.24, 2.45) is 5.92 Å². The van der Waals surface area contributed by atoms with Gasteiger partial charge in [-0.3, -0.25) is 4.57 Å². The molecule has 10 heteroatoms. The standard InChI is InChI=1S/C15H16Br2N3O4P/c1-7(2)6-20-14-9(17)5-8(16)12(18)13(14)19-15(20)10-3-4-11(24-10)25(21,22)23/h3-5,7H,6,18H2,1-2H3,(H2,21,22,23). The van der Waals surface area contributed by atoms with Gasteiger partial charge in [-0.25, -0.2) is 4.98 Å². The second kappa shape index (κ2) is 6.55.